The molecule has 0 radical (unpaired) electrons. The number of ether oxygens (including phenoxy) is 1. The Morgan fingerprint density at radius 3 is 2.65 bits per heavy atom. The van der Waals surface area contributed by atoms with Crippen LogP contribution in [0.2, 0.25) is 0 Å². The Morgan fingerprint density at radius 2 is 2.00 bits per heavy atom. The fourth-order valence-corrected chi connectivity index (χ4v) is 2.88. The summed E-state index contributed by atoms with van der Waals surface area (Å²) in [7, 11) is 3.55. The minimum absolute atomic E-state index is 0.0512. The number of nitrogens with zero attached hydrogens (tertiary/aromatic N) is 2. The quantitative estimate of drug-likeness (QED) is 0.744. The number of aromatic nitrogens is 2. The van der Waals surface area contributed by atoms with Crippen LogP contribution >= 0.6 is 0 Å². The van der Waals surface area contributed by atoms with Gasteiger partial charge in [-0.2, -0.15) is 0 Å². The van der Waals surface area contributed by atoms with E-state index < -0.39 is 0 Å². The van der Waals surface area contributed by atoms with Crippen molar-refractivity contribution in [2.45, 2.75) is 19.4 Å². The van der Waals surface area contributed by atoms with Gasteiger partial charge in [-0.05, 0) is 30.2 Å². The van der Waals surface area contributed by atoms with E-state index in [0.29, 0.717) is 6.42 Å². The first kappa shape index (κ1) is 17.7. The first-order chi connectivity index (χ1) is 12.6. The third kappa shape index (κ3) is 4.11. The highest BCUT2D eigenvalue weighted by atomic mass is 16.5. The summed E-state index contributed by atoms with van der Waals surface area (Å²) in [4.78, 5) is 17.1. The number of amides is 1. The van der Waals surface area contributed by atoms with Gasteiger partial charge in [0.1, 0.15) is 17.6 Å². The van der Waals surface area contributed by atoms with Crippen LogP contribution in [0.4, 0.5) is 0 Å². The number of carbonyl (C=O) groups is 1. The van der Waals surface area contributed by atoms with Crippen LogP contribution < -0.4 is 10.1 Å². The lowest BCUT2D eigenvalue weighted by Gasteiger charge is -2.20. The molecule has 1 aromatic heterocycles. The summed E-state index contributed by atoms with van der Waals surface area (Å²) in [6.45, 7) is 2.03. The average molecular weight is 349 g/mol. The summed E-state index contributed by atoms with van der Waals surface area (Å²) in [5.41, 5.74) is 3.09. The van der Waals surface area contributed by atoms with Crippen LogP contribution in [0, 0.1) is 6.92 Å². The lowest BCUT2D eigenvalue weighted by molar-refractivity contribution is -0.121. The highest BCUT2D eigenvalue weighted by Gasteiger charge is 2.21. The molecule has 0 saturated heterocycles. The van der Waals surface area contributed by atoms with Gasteiger partial charge in [-0.3, -0.25) is 4.79 Å². The average Bonchev–Trinajstić information content (AvgIpc) is 3.07. The Morgan fingerprint density at radius 1 is 1.23 bits per heavy atom. The lowest BCUT2D eigenvalue weighted by Crippen LogP contribution is -2.32. The summed E-state index contributed by atoms with van der Waals surface area (Å²) < 4.78 is 7.24. The second-order valence-electron chi connectivity index (χ2n) is 6.34. The lowest BCUT2D eigenvalue weighted by atomic mass is 10.0. The molecular weight excluding hydrogens is 326 g/mol. The molecule has 5 nitrogen and oxygen atoms in total. The predicted octanol–water partition coefficient (Wildman–Crippen LogP) is 3.19. The van der Waals surface area contributed by atoms with Gasteiger partial charge >= 0.3 is 0 Å². The summed E-state index contributed by atoms with van der Waals surface area (Å²) >= 11 is 0. The summed E-state index contributed by atoms with van der Waals surface area (Å²) in [6, 6.07) is 15.3. The van der Waals surface area contributed by atoms with Crippen LogP contribution in [-0.2, 0) is 18.3 Å². The van der Waals surface area contributed by atoms with Crippen molar-refractivity contribution in [3.05, 3.63) is 83.4 Å². The number of hydrogen-bond donors (Lipinski definition) is 1. The minimum atomic E-state index is -0.344. The molecule has 1 N–H and O–H groups in total. The van der Waals surface area contributed by atoms with E-state index in [2.05, 4.69) is 10.3 Å². The van der Waals surface area contributed by atoms with Gasteiger partial charge in [0.15, 0.2) is 0 Å². The molecule has 3 rings (SSSR count). The van der Waals surface area contributed by atoms with Gasteiger partial charge in [-0.25, -0.2) is 4.98 Å². The van der Waals surface area contributed by atoms with Crippen LogP contribution in [0.1, 0.15) is 28.6 Å². The molecule has 0 bridgehead atoms. The fourth-order valence-electron chi connectivity index (χ4n) is 2.88. The highest BCUT2D eigenvalue weighted by molar-refractivity contribution is 5.79. The standard InChI is InChI=1S/C21H23N3O2/c1-15-7-9-16(10-8-15)13-19(25)23-20(21-22-11-12-24(21)2)17-5-4-6-18(14-17)26-3/h4-12,14,20H,13H2,1-3H3,(H,23,25). The molecule has 134 valence electrons. The van der Waals surface area contributed by atoms with Crippen LogP contribution in [-0.4, -0.2) is 22.6 Å². The van der Waals surface area contributed by atoms with E-state index in [9.17, 15) is 4.79 Å². The van der Waals surface area contributed by atoms with Crippen molar-refractivity contribution in [1.82, 2.24) is 14.9 Å². The van der Waals surface area contributed by atoms with E-state index in [1.54, 1.807) is 13.3 Å². The summed E-state index contributed by atoms with van der Waals surface area (Å²) in [5, 5.41) is 3.11. The van der Waals surface area contributed by atoms with Gasteiger partial charge in [0.2, 0.25) is 5.91 Å². The smallest absolute Gasteiger partial charge is 0.225 e. The molecule has 0 aliphatic carbocycles. The van der Waals surface area contributed by atoms with Crippen LogP contribution in [0.25, 0.3) is 0 Å². The van der Waals surface area contributed by atoms with E-state index in [-0.39, 0.29) is 11.9 Å². The maximum atomic E-state index is 12.7. The van der Waals surface area contributed by atoms with E-state index >= 15 is 0 Å². The largest absolute Gasteiger partial charge is 0.497 e. The van der Waals surface area contributed by atoms with E-state index in [1.807, 2.05) is 73.3 Å². The Balaban J connectivity index is 1.85. The molecule has 0 aliphatic heterocycles. The number of imidazole rings is 1. The Kier molecular flexibility index (Phi) is 5.37. The molecule has 26 heavy (non-hydrogen) atoms. The van der Waals surface area contributed by atoms with E-state index in [0.717, 1.165) is 22.7 Å². The zero-order chi connectivity index (χ0) is 18.5. The van der Waals surface area contributed by atoms with Gasteiger partial charge in [-0.1, -0.05) is 42.0 Å². The number of carbonyl (C=O) groups excluding carboxylic acids is 1. The third-order valence-electron chi connectivity index (χ3n) is 4.33. The number of aryl methyl sites for hydroxylation is 2. The molecule has 1 atom stereocenters. The zero-order valence-electron chi connectivity index (χ0n) is 15.3. The minimum Gasteiger partial charge on any atom is -0.497 e. The Hall–Kier alpha value is -3.08. The monoisotopic (exact) mass is 349 g/mol. The van der Waals surface area contributed by atoms with Crippen LogP contribution in [0.15, 0.2) is 60.9 Å². The zero-order valence-corrected chi connectivity index (χ0v) is 15.3. The topological polar surface area (TPSA) is 56.1 Å². The molecule has 1 unspecified atom stereocenters. The van der Waals surface area contributed by atoms with Gasteiger partial charge in [-0.15, -0.1) is 0 Å². The van der Waals surface area contributed by atoms with E-state index in [4.69, 9.17) is 4.74 Å². The van der Waals surface area contributed by atoms with Gasteiger partial charge in [0.05, 0.1) is 13.5 Å². The first-order valence-electron chi connectivity index (χ1n) is 8.53. The van der Waals surface area contributed by atoms with Crippen molar-refractivity contribution >= 4 is 5.91 Å². The van der Waals surface area contributed by atoms with Crippen molar-refractivity contribution in [3.63, 3.8) is 0 Å². The van der Waals surface area contributed by atoms with Crippen LogP contribution in [0.5, 0.6) is 5.75 Å². The maximum Gasteiger partial charge on any atom is 0.225 e. The molecule has 1 heterocycles. The molecule has 2 aromatic carbocycles. The maximum absolute atomic E-state index is 12.7. The van der Waals surface area contributed by atoms with E-state index in [1.165, 1.54) is 5.56 Å². The number of rotatable bonds is 6. The van der Waals surface area contributed by atoms with Gasteiger partial charge < -0.3 is 14.6 Å². The SMILES string of the molecule is COc1cccc(C(NC(=O)Cc2ccc(C)cc2)c2nccn2C)c1. The molecule has 0 spiro atoms. The van der Waals surface area contributed by atoms with Crippen molar-refractivity contribution < 1.29 is 9.53 Å². The van der Waals surface area contributed by atoms with Crippen molar-refractivity contribution in [1.29, 1.82) is 0 Å². The summed E-state index contributed by atoms with van der Waals surface area (Å²) in [5.74, 6) is 1.47. The number of methoxy groups -OCH3 is 1. The number of hydrogen-bond acceptors (Lipinski definition) is 3. The number of nitrogens with one attached hydrogen (secondary N) is 1. The Labute approximate surface area is 153 Å². The van der Waals surface area contributed by atoms with Crippen LogP contribution in [0.3, 0.4) is 0 Å². The molecule has 0 fully saturated rings. The van der Waals surface area contributed by atoms with Crippen molar-refractivity contribution in [2.75, 3.05) is 7.11 Å². The predicted molar refractivity (Wildman–Crippen MR) is 101 cm³/mol. The molecule has 0 aliphatic rings. The van der Waals surface area contributed by atoms with Crippen molar-refractivity contribution in [3.8, 4) is 5.75 Å². The summed E-state index contributed by atoms with van der Waals surface area (Å²) in [6.07, 6.45) is 3.93. The highest BCUT2D eigenvalue weighted by Crippen LogP contribution is 2.24. The normalized spacial score (nSPS) is 11.8. The second-order valence-corrected chi connectivity index (χ2v) is 6.34. The second kappa shape index (κ2) is 7.87. The molecule has 5 heteroatoms. The van der Waals surface area contributed by atoms with Gasteiger partial charge in [0.25, 0.3) is 0 Å². The Bertz CT molecular complexity index is 884. The number of benzene rings is 2. The molecule has 1 amide bonds. The van der Waals surface area contributed by atoms with Crippen molar-refractivity contribution in [2.24, 2.45) is 7.05 Å². The molecular formula is C21H23N3O2. The fraction of sp³-hybridized carbons (Fsp3) is 0.238. The first-order valence-corrected chi connectivity index (χ1v) is 8.53. The third-order valence-corrected chi connectivity index (χ3v) is 4.33. The van der Waals surface area contributed by atoms with Gasteiger partial charge in [0, 0.05) is 19.4 Å². The molecule has 0 saturated carbocycles. The molecule has 3 aromatic rings.